The Hall–Kier alpha value is -2.00. The highest BCUT2D eigenvalue weighted by Gasteiger charge is 2.11. The van der Waals surface area contributed by atoms with Gasteiger partial charge in [0.15, 0.2) is 0 Å². The average Bonchev–Trinajstić information content (AvgIpc) is 2.39. The van der Waals surface area contributed by atoms with E-state index in [1.807, 2.05) is 0 Å². The van der Waals surface area contributed by atoms with E-state index < -0.39 is 0 Å². The molecule has 0 unspecified atom stereocenters. The smallest absolute Gasteiger partial charge is 0.204 e. The summed E-state index contributed by atoms with van der Waals surface area (Å²) in [5.74, 6) is 0.503. The zero-order valence-corrected chi connectivity index (χ0v) is 10.3. The average molecular weight is 261 g/mol. The minimum atomic E-state index is -0.133. The fourth-order valence-corrected chi connectivity index (χ4v) is 2.18. The number of halogens is 1. The van der Waals surface area contributed by atoms with Gasteiger partial charge in [-0.05, 0) is 30.3 Å². The van der Waals surface area contributed by atoms with Gasteiger partial charge in [0.1, 0.15) is 22.3 Å². The van der Waals surface area contributed by atoms with Crippen LogP contribution in [0, 0.1) is 0 Å². The maximum absolute atomic E-state index is 12.4. The standard InChI is InChI=1S/C14H9ClO3/c1-17-11-3-2-4-12-13(11)14(16)9-7-8(15)5-6-10(9)18-12/h2-7H,1H3. The van der Waals surface area contributed by atoms with Gasteiger partial charge in [0.2, 0.25) is 5.43 Å². The lowest BCUT2D eigenvalue weighted by atomic mass is 10.1. The van der Waals surface area contributed by atoms with Crippen LogP contribution in [0.3, 0.4) is 0 Å². The summed E-state index contributed by atoms with van der Waals surface area (Å²) in [6.45, 7) is 0. The van der Waals surface area contributed by atoms with Gasteiger partial charge in [-0.15, -0.1) is 0 Å². The first-order chi connectivity index (χ1) is 8.70. The van der Waals surface area contributed by atoms with Crippen LogP contribution >= 0.6 is 11.6 Å². The molecule has 0 saturated heterocycles. The fourth-order valence-electron chi connectivity index (χ4n) is 2.01. The lowest BCUT2D eigenvalue weighted by Gasteiger charge is -2.05. The highest BCUT2D eigenvalue weighted by Crippen LogP contribution is 2.26. The van der Waals surface area contributed by atoms with Crippen LogP contribution in [0.1, 0.15) is 0 Å². The van der Waals surface area contributed by atoms with Gasteiger partial charge in [-0.2, -0.15) is 0 Å². The molecule has 0 amide bonds. The third-order valence-electron chi connectivity index (χ3n) is 2.84. The van der Waals surface area contributed by atoms with Gasteiger partial charge in [-0.3, -0.25) is 4.79 Å². The Balaban J connectivity index is 2.58. The Morgan fingerprint density at radius 3 is 2.78 bits per heavy atom. The first-order valence-corrected chi connectivity index (χ1v) is 5.77. The van der Waals surface area contributed by atoms with Crippen molar-refractivity contribution in [1.29, 1.82) is 0 Å². The van der Waals surface area contributed by atoms with Crippen LogP contribution < -0.4 is 10.2 Å². The molecule has 0 atom stereocenters. The molecular weight excluding hydrogens is 252 g/mol. The molecule has 0 bridgehead atoms. The molecule has 90 valence electrons. The number of fused-ring (bicyclic) bond motifs is 2. The predicted molar refractivity (Wildman–Crippen MR) is 71.6 cm³/mol. The summed E-state index contributed by atoms with van der Waals surface area (Å²) in [4.78, 5) is 12.4. The monoisotopic (exact) mass is 260 g/mol. The van der Waals surface area contributed by atoms with Crippen molar-refractivity contribution in [2.24, 2.45) is 0 Å². The molecule has 4 heteroatoms. The summed E-state index contributed by atoms with van der Waals surface area (Å²) >= 11 is 5.90. The lowest BCUT2D eigenvalue weighted by Crippen LogP contribution is -2.03. The van der Waals surface area contributed by atoms with E-state index in [0.29, 0.717) is 32.7 Å². The molecule has 1 heterocycles. The number of hydrogen-bond donors (Lipinski definition) is 0. The van der Waals surface area contributed by atoms with E-state index in [0.717, 1.165) is 0 Å². The zero-order chi connectivity index (χ0) is 12.7. The topological polar surface area (TPSA) is 39.4 Å². The zero-order valence-electron chi connectivity index (χ0n) is 9.57. The van der Waals surface area contributed by atoms with Crippen LogP contribution in [0.4, 0.5) is 0 Å². The normalized spacial score (nSPS) is 11.0. The van der Waals surface area contributed by atoms with Crippen molar-refractivity contribution < 1.29 is 9.15 Å². The predicted octanol–water partition coefficient (Wildman–Crippen LogP) is 3.61. The summed E-state index contributed by atoms with van der Waals surface area (Å²) in [7, 11) is 1.52. The second-order valence-electron chi connectivity index (χ2n) is 3.91. The van der Waals surface area contributed by atoms with Crippen molar-refractivity contribution in [3.8, 4) is 5.75 Å². The molecule has 0 fully saturated rings. The van der Waals surface area contributed by atoms with E-state index in [9.17, 15) is 4.79 Å². The molecule has 0 aliphatic rings. The van der Waals surface area contributed by atoms with Crippen LogP contribution in [-0.4, -0.2) is 7.11 Å². The highest BCUT2D eigenvalue weighted by molar-refractivity contribution is 6.31. The molecule has 0 spiro atoms. The number of benzene rings is 2. The molecule has 0 radical (unpaired) electrons. The molecule has 0 aliphatic carbocycles. The van der Waals surface area contributed by atoms with E-state index in [1.165, 1.54) is 7.11 Å². The van der Waals surface area contributed by atoms with Gasteiger partial charge in [0.25, 0.3) is 0 Å². The molecule has 0 aliphatic heterocycles. The van der Waals surface area contributed by atoms with E-state index in [4.69, 9.17) is 20.8 Å². The Morgan fingerprint density at radius 1 is 1.17 bits per heavy atom. The van der Waals surface area contributed by atoms with Crippen LogP contribution in [-0.2, 0) is 0 Å². The Kier molecular flexibility index (Phi) is 2.49. The SMILES string of the molecule is COc1cccc2oc3ccc(Cl)cc3c(=O)c12. The molecule has 0 N–H and O–H groups in total. The van der Waals surface area contributed by atoms with Gasteiger partial charge in [0, 0.05) is 5.02 Å². The molecule has 0 saturated carbocycles. The van der Waals surface area contributed by atoms with E-state index >= 15 is 0 Å². The molecule has 18 heavy (non-hydrogen) atoms. The van der Waals surface area contributed by atoms with Crippen molar-refractivity contribution in [3.63, 3.8) is 0 Å². The third-order valence-corrected chi connectivity index (χ3v) is 3.08. The van der Waals surface area contributed by atoms with Crippen molar-refractivity contribution in [2.75, 3.05) is 7.11 Å². The van der Waals surface area contributed by atoms with Gasteiger partial charge in [-0.1, -0.05) is 17.7 Å². The summed E-state index contributed by atoms with van der Waals surface area (Å²) in [6, 6.07) is 10.3. The number of rotatable bonds is 1. The van der Waals surface area contributed by atoms with Crippen LogP contribution in [0.15, 0.2) is 45.6 Å². The lowest BCUT2D eigenvalue weighted by molar-refractivity contribution is 0.419. The van der Waals surface area contributed by atoms with Crippen molar-refractivity contribution in [3.05, 3.63) is 51.6 Å². The Bertz CT molecular complexity index is 805. The quantitative estimate of drug-likeness (QED) is 0.628. The molecule has 1 aromatic heterocycles. The molecular formula is C14H9ClO3. The second-order valence-corrected chi connectivity index (χ2v) is 4.34. The van der Waals surface area contributed by atoms with Crippen molar-refractivity contribution in [2.45, 2.75) is 0 Å². The summed E-state index contributed by atoms with van der Waals surface area (Å²) in [6.07, 6.45) is 0. The second kappa shape index (κ2) is 4.03. The first kappa shape index (κ1) is 11.1. The largest absolute Gasteiger partial charge is 0.496 e. The van der Waals surface area contributed by atoms with Crippen molar-refractivity contribution >= 4 is 33.5 Å². The third kappa shape index (κ3) is 1.56. The minimum absolute atomic E-state index is 0.133. The van der Waals surface area contributed by atoms with Gasteiger partial charge in [0.05, 0.1) is 12.5 Å². The Morgan fingerprint density at radius 2 is 2.00 bits per heavy atom. The molecule has 3 nitrogen and oxygen atoms in total. The first-order valence-electron chi connectivity index (χ1n) is 5.40. The maximum Gasteiger partial charge on any atom is 0.204 e. The summed E-state index contributed by atoms with van der Waals surface area (Å²) < 4.78 is 10.9. The van der Waals surface area contributed by atoms with Gasteiger partial charge >= 0.3 is 0 Å². The van der Waals surface area contributed by atoms with Crippen molar-refractivity contribution in [1.82, 2.24) is 0 Å². The van der Waals surface area contributed by atoms with Gasteiger partial charge < -0.3 is 9.15 Å². The fraction of sp³-hybridized carbons (Fsp3) is 0.0714. The number of methoxy groups -OCH3 is 1. The van der Waals surface area contributed by atoms with Crippen LogP contribution in [0.2, 0.25) is 5.02 Å². The molecule has 2 aromatic carbocycles. The maximum atomic E-state index is 12.4. The minimum Gasteiger partial charge on any atom is -0.496 e. The van der Waals surface area contributed by atoms with E-state index in [-0.39, 0.29) is 5.43 Å². The van der Waals surface area contributed by atoms with Gasteiger partial charge in [-0.25, -0.2) is 0 Å². The highest BCUT2D eigenvalue weighted by atomic mass is 35.5. The number of hydrogen-bond acceptors (Lipinski definition) is 3. The molecule has 3 rings (SSSR count). The Labute approximate surface area is 108 Å². The van der Waals surface area contributed by atoms with Crippen LogP contribution in [0.25, 0.3) is 21.9 Å². The number of ether oxygens (including phenoxy) is 1. The summed E-state index contributed by atoms with van der Waals surface area (Å²) in [5, 5.41) is 1.40. The summed E-state index contributed by atoms with van der Waals surface area (Å²) in [5.41, 5.74) is 0.894. The molecule has 3 aromatic rings. The van der Waals surface area contributed by atoms with E-state index in [2.05, 4.69) is 0 Å². The van der Waals surface area contributed by atoms with E-state index in [1.54, 1.807) is 36.4 Å². The van der Waals surface area contributed by atoms with Crippen LogP contribution in [0.5, 0.6) is 5.75 Å².